The Labute approximate surface area is 190 Å². The Kier molecular flexibility index (Phi) is 4.40. The van der Waals surface area contributed by atoms with Crippen LogP contribution in [0, 0.1) is 6.92 Å². The van der Waals surface area contributed by atoms with E-state index in [9.17, 15) is 9.90 Å². The van der Waals surface area contributed by atoms with Gasteiger partial charge in [0.05, 0.1) is 22.0 Å². The molecule has 6 rings (SSSR count). The van der Waals surface area contributed by atoms with Gasteiger partial charge in [0.15, 0.2) is 5.65 Å². The predicted molar refractivity (Wildman–Crippen MR) is 132 cm³/mol. The molecule has 0 bridgehead atoms. The number of aromatic amines is 1. The van der Waals surface area contributed by atoms with Crippen molar-refractivity contribution in [2.45, 2.75) is 26.2 Å². The van der Waals surface area contributed by atoms with E-state index in [1.165, 1.54) is 19.3 Å². The van der Waals surface area contributed by atoms with E-state index in [0.29, 0.717) is 16.7 Å². The lowest BCUT2D eigenvalue weighted by atomic mass is 9.98. The van der Waals surface area contributed by atoms with Crippen molar-refractivity contribution in [3.8, 4) is 17.0 Å². The number of hydrogen-bond acceptors (Lipinski definition) is 5. The minimum Gasteiger partial charge on any atom is -0.508 e. The van der Waals surface area contributed by atoms with E-state index in [1.54, 1.807) is 28.8 Å². The minimum absolute atomic E-state index is 0.0913. The summed E-state index contributed by atoms with van der Waals surface area (Å²) >= 11 is 0. The number of aromatic hydroxyl groups is 1. The monoisotopic (exact) mass is 439 g/mol. The third-order valence-corrected chi connectivity index (χ3v) is 6.88. The molecule has 0 saturated carbocycles. The first-order chi connectivity index (χ1) is 16.0. The average molecular weight is 440 g/mol. The summed E-state index contributed by atoms with van der Waals surface area (Å²) in [6.07, 6.45) is 3.67. The van der Waals surface area contributed by atoms with E-state index in [4.69, 9.17) is 4.98 Å². The number of phenols is 1. The molecule has 166 valence electrons. The van der Waals surface area contributed by atoms with Gasteiger partial charge in [-0.1, -0.05) is 6.07 Å². The van der Waals surface area contributed by atoms with Gasteiger partial charge in [0.1, 0.15) is 5.75 Å². The summed E-state index contributed by atoms with van der Waals surface area (Å²) in [5, 5.41) is 20.5. The average Bonchev–Trinajstić information content (AvgIpc) is 3.22. The van der Waals surface area contributed by atoms with Gasteiger partial charge in [-0.2, -0.15) is 5.10 Å². The highest BCUT2D eigenvalue weighted by Gasteiger charge is 2.21. The molecule has 0 spiro atoms. The number of aryl methyl sites for hydroxylation is 2. The van der Waals surface area contributed by atoms with Crippen LogP contribution in [0.1, 0.15) is 25.0 Å². The summed E-state index contributed by atoms with van der Waals surface area (Å²) in [6, 6.07) is 13.2. The largest absolute Gasteiger partial charge is 0.508 e. The molecule has 4 heterocycles. The van der Waals surface area contributed by atoms with E-state index in [-0.39, 0.29) is 11.3 Å². The lowest BCUT2D eigenvalue weighted by Crippen LogP contribution is -2.29. The van der Waals surface area contributed by atoms with Crippen LogP contribution in [0.25, 0.3) is 44.0 Å². The highest BCUT2D eigenvalue weighted by molar-refractivity contribution is 6.21. The van der Waals surface area contributed by atoms with E-state index in [1.807, 2.05) is 14.0 Å². The normalized spacial score (nSPS) is 14.5. The quantitative estimate of drug-likeness (QED) is 0.392. The van der Waals surface area contributed by atoms with E-state index in [2.05, 4.69) is 33.3 Å². The van der Waals surface area contributed by atoms with E-state index in [0.717, 1.165) is 51.7 Å². The highest BCUT2D eigenvalue weighted by Crippen LogP contribution is 2.37. The Bertz CT molecular complexity index is 1590. The first-order valence-electron chi connectivity index (χ1n) is 11.4. The van der Waals surface area contributed by atoms with Crippen molar-refractivity contribution < 1.29 is 5.11 Å². The maximum Gasteiger partial charge on any atom is 0.260 e. The van der Waals surface area contributed by atoms with Crippen LogP contribution in [-0.2, 0) is 7.05 Å². The van der Waals surface area contributed by atoms with Gasteiger partial charge in [0, 0.05) is 47.9 Å². The molecule has 5 aromatic rings. The number of nitrogens with one attached hydrogen (secondary N) is 1. The third kappa shape index (κ3) is 2.99. The molecular weight excluding hydrogens is 414 g/mol. The molecule has 7 nitrogen and oxygen atoms in total. The number of piperidine rings is 1. The second-order valence-corrected chi connectivity index (χ2v) is 8.92. The van der Waals surface area contributed by atoms with Crippen LogP contribution in [-0.4, -0.2) is 37.9 Å². The third-order valence-electron chi connectivity index (χ3n) is 6.88. The molecule has 0 amide bonds. The minimum atomic E-state index is -0.0913. The number of H-pyrrole nitrogens is 1. The highest BCUT2D eigenvalue weighted by atomic mass is 16.3. The summed E-state index contributed by atoms with van der Waals surface area (Å²) in [5.74, 6) is 0.170. The van der Waals surface area contributed by atoms with Crippen molar-refractivity contribution in [2.75, 3.05) is 18.0 Å². The first kappa shape index (κ1) is 19.8. The maximum absolute atomic E-state index is 13.8. The number of hydrogen-bond donors (Lipinski definition) is 2. The standard InChI is InChI=1S/C26H25N5O2/c1-15-21-22-19-11-8-17(31-12-4-3-5-13-31)14-20(19)30(2)26(33)23(22)24(27-25(21)29-28-15)16-6-9-18(32)10-7-16/h6-11,14,32H,3-5,12-13H2,1-2H3,(H,27,28,29). The Morgan fingerprint density at radius 2 is 1.73 bits per heavy atom. The Morgan fingerprint density at radius 3 is 2.48 bits per heavy atom. The van der Waals surface area contributed by atoms with Crippen molar-refractivity contribution in [1.29, 1.82) is 0 Å². The zero-order chi connectivity index (χ0) is 22.7. The van der Waals surface area contributed by atoms with Gasteiger partial charge >= 0.3 is 0 Å². The SMILES string of the molecule is Cc1[nH]nc2nc(-c3ccc(O)cc3)c3c(=O)n(C)c4cc(N5CCCCC5)ccc4c3c12. The van der Waals surface area contributed by atoms with Gasteiger partial charge in [-0.05, 0) is 62.6 Å². The van der Waals surface area contributed by atoms with Crippen LogP contribution in [0.15, 0.2) is 47.3 Å². The number of fused-ring (bicyclic) bond motifs is 5. The lowest BCUT2D eigenvalue weighted by molar-refractivity contribution is 0.475. The van der Waals surface area contributed by atoms with Gasteiger partial charge in [0.2, 0.25) is 0 Å². The van der Waals surface area contributed by atoms with Crippen molar-refractivity contribution in [3.05, 3.63) is 58.5 Å². The number of anilines is 1. The molecule has 33 heavy (non-hydrogen) atoms. The number of pyridine rings is 2. The van der Waals surface area contributed by atoms with Crippen molar-refractivity contribution in [2.24, 2.45) is 7.05 Å². The molecule has 0 aliphatic carbocycles. The molecule has 2 N–H and O–H groups in total. The Balaban J connectivity index is 1.74. The second kappa shape index (κ2) is 7.33. The van der Waals surface area contributed by atoms with Crippen LogP contribution in [0.5, 0.6) is 5.75 Å². The second-order valence-electron chi connectivity index (χ2n) is 8.92. The van der Waals surface area contributed by atoms with Gasteiger partial charge in [-0.25, -0.2) is 4.98 Å². The molecule has 1 aliphatic heterocycles. The summed E-state index contributed by atoms with van der Waals surface area (Å²) < 4.78 is 1.73. The van der Waals surface area contributed by atoms with E-state index < -0.39 is 0 Å². The van der Waals surface area contributed by atoms with Crippen LogP contribution in [0.2, 0.25) is 0 Å². The number of aromatic nitrogens is 4. The molecule has 1 aliphatic rings. The summed E-state index contributed by atoms with van der Waals surface area (Å²) in [7, 11) is 1.83. The lowest BCUT2D eigenvalue weighted by Gasteiger charge is -2.29. The molecule has 0 unspecified atom stereocenters. The molecule has 1 saturated heterocycles. The predicted octanol–water partition coefficient (Wildman–Crippen LogP) is 4.63. The smallest absolute Gasteiger partial charge is 0.260 e. The first-order valence-corrected chi connectivity index (χ1v) is 11.4. The van der Waals surface area contributed by atoms with Crippen molar-refractivity contribution >= 4 is 38.4 Å². The molecule has 1 fully saturated rings. The summed E-state index contributed by atoms with van der Waals surface area (Å²) in [5.41, 5.74) is 4.77. The molecular formula is C26H25N5O2. The van der Waals surface area contributed by atoms with Gasteiger partial charge in [-0.3, -0.25) is 9.89 Å². The zero-order valence-corrected chi connectivity index (χ0v) is 18.7. The molecule has 7 heteroatoms. The van der Waals surface area contributed by atoms with Gasteiger partial charge in [0.25, 0.3) is 5.56 Å². The van der Waals surface area contributed by atoms with Crippen LogP contribution < -0.4 is 10.5 Å². The topological polar surface area (TPSA) is 87.0 Å². The zero-order valence-electron chi connectivity index (χ0n) is 18.7. The van der Waals surface area contributed by atoms with Crippen LogP contribution in [0.3, 0.4) is 0 Å². The van der Waals surface area contributed by atoms with Crippen LogP contribution >= 0.6 is 0 Å². The van der Waals surface area contributed by atoms with Gasteiger partial charge < -0.3 is 14.6 Å². The number of rotatable bonds is 2. The fourth-order valence-electron chi connectivity index (χ4n) is 5.14. The van der Waals surface area contributed by atoms with Crippen molar-refractivity contribution in [3.63, 3.8) is 0 Å². The number of phenolic OH excluding ortho intramolecular Hbond substituents is 1. The van der Waals surface area contributed by atoms with Crippen LogP contribution in [0.4, 0.5) is 5.69 Å². The molecule has 0 atom stereocenters. The summed E-state index contributed by atoms with van der Waals surface area (Å²) in [4.78, 5) is 21.0. The Morgan fingerprint density at radius 1 is 0.970 bits per heavy atom. The molecule has 0 radical (unpaired) electrons. The summed E-state index contributed by atoms with van der Waals surface area (Å²) in [6.45, 7) is 4.06. The molecule has 2 aromatic carbocycles. The fraction of sp³-hybridized carbons (Fsp3) is 0.269. The molecule has 3 aromatic heterocycles. The van der Waals surface area contributed by atoms with Gasteiger partial charge in [-0.15, -0.1) is 0 Å². The fourth-order valence-corrected chi connectivity index (χ4v) is 5.14. The number of benzene rings is 2. The Hall–Kier alpha value is -3.87. The maximum atomic E-state index is 13.8. The number of nitrogens with zero attached hydrogens (tertiary/aromatic N) is 4. The van der Waals surface area contributed by atoms with E-state index >= 15 is 0 Å². The van der Waals surface area contributed by atoms with Crippen molar-refractivity contribution in [1.82, 2.24) is 19.7 Å².